The number of aryl methyl sites for hydroxylation is 1. The SMILES string of the molecule is Cc1cc(Nc2ncc(F)c(N[C@H]3[C@@H](C(N)=O)[C@@H]4C=C[C@H]3C4)n2)ccc1N1CCN(C)CC1.O=S(=O)(O)O. The molecule has 5 rings (SSSR count). The summed E-state index contributed by atoms with van der Waals surface area (Å²) in [6.45, 7) is 6.20. The lowest BCUT2D eigenvalue weighted by Gasteiger charge is -2.35. The topological polar surface area (TPSA) is 174 Å². The number of fused-ring (bicyclic) bond motifs is 2. The van der Waals surface area contributed by atoms with Gasteiger partial charge in [0.25, 0.3) is 0 Å². The molecule has 0 radical (unpaired) electrons. The Morgan fingerprint density at radius 2 is 1.82 bits per heavy atom. The Hall–Kier alpha value is -3.33. The maximum atomic E-state index is 14.5. The standard InChI is InChI=1S/C24H30FN7O.H2O4S/c1-14-11-17(5-6-19(14)32-9-7-31(2)8-10-32)28-24-27-13-18(25)23(30-24)29-21-16-4-3-15(12-16)20(21)22(26)33;1-5(2,3)4/h3-6,11,13,15-16,20-21H,7-10,12H2,1-2H3,(H2,26,33)(H2,27,28,29,30);(H2,1,2,3,4)/t15-,16+,20+,21-;/m1./s1. The minimum Gasteiger partial charge on any atom is -0.369 e. The van der Waals surface area contributed by atoms with E-state index in [1.54, 1.807) is 0 Å². The molecule has 4 atom stereocenters. The van der Waals surface area contributed by atoms with Crippen molar-refractivity contribution in [2.24, 2.45) is 23.5 Å². The van der Waals surface area contributed by atoms with Gasteiger partial charge in [-0.1, -0.05) is 12.2 Å². The number of amides is 1. The van der Waals surface area contributed by atoms with E-state index in [0.29, 0.717) is 5.95 Å². The fraction of sp³-hybridized carbons (Fsp3) is 0.458. The second kappa shape index (κ2) is 11.2. The van der Waals surface area contributed by atoms with Crippen LogP contribution in [0, 0.1) is 30.5 Å². The molecule has 206 valence electrons. The summed E-state index contributed by atoms with van der Waals surface area (Å²) in [6, 6.07) is 5.88. The molecule has 1 aromatic heterocycles. The summed E-state index contributed by atoms with van der Waals surface area (Å²) in [6.07, 6.45) is 6.11. The lowest BCUT2D eigenvalue weighted by atomic mass is 9.88. The van der Waals surface area contributed by atoms with E-state index in [-0.39, 0.29) is 35.5 Å². The largest absolute Gasteiger partial charge is 0.394 e. The molecule has 1 amide bonds. The van der Waals surface area contributed by atoms with Gasteiger partial charge in [0.15, 0.2) is 11.6 Å². The van der Waals surface area contributed by atoms with Crippen molar-refractivity contribution in [3.8, 4) is 0 Å². The highest BCUT2D eigenvalue weighted by Crippen LogP contribution is 2.45. The fourth-order valence-corrected chi connectivity index (χ4v) is 5.36. The van der Waals surface area contributed by atoms with Gasteiger partial charge in [-0.3, -0.25) is 13.9 Å². The normalized spacial score (nSPS) is 24.6. The minimum absolute atomic E-state index is 0.0791. The van der Waals surface area contributed by atoms with Gasteiger partial charge >= 0.3 is 10.4 Å². The van der Waals surface area contributed by atoms with E-state index in [4.69, 9.17) is 23.3 Å². The van der Waals surface area contributed by atoms with Gasteiger partial charge in [0.2, 0.25) is 11.9 Å². The lowest BCUT2D eigenvalue weighted by molar-refractivity contribution is -0.122. The van der Waals surface area contributed by atoms with Crippen molar-refractivity contribution in [2.75, 3.05) is 48.8 Å². The summed E-state index contributed by atoms with van der Waals surface area (Å²) in [5.41, 5.74) is 8.84. The van der Waals surface area contributed by atoms with E-state index >= 15 is 0 Å². The van der Waals surface area contributed by atoms with Gasteiger partial charge in [-0.2, -0.15) is 13.4 Å². The van der Waals surface area contributed by atoms with E-state index in [1.807, 2.05) is 12.1 Å². The maximum Gasteiger partial charge on any atom is 0.394 e. The number of primary amides is 1. The van der Waals surface area contributed by atoms with E-state index in [0.717, 1.165) is 50.0 Å². The smallest absolute Gasteiger partial charge is 0.369 e. The minimum atomic E-state index is -4.67. The van der Waals surface area contributed by atoms with Crippen molar-refractivity contribution in [3.05, 3.63) is 47.9 Å². The van der Waals surface area contributed by atoms with Crippen LogP contribution in [0.15, 0.2) is 36.5 Å². The van der Waals surface area contributed by atoms with Crippen molar-refractivity contribution in [3.63, 3.8) is 0 Å². The second-order valence-corrected chi connectivity index (χ2v) is 10.7. The van der Waals surface area contributed by atoms with Crippen molar-refractivity contribution in [1.29, 1.82) is 0 Å². The third-order valence-electron chi connectivity index (χ3n) is 7.13. The number of carbonyl (C=O) groups is 1. The average Bonchev–Trinajstić information content (AvgIpc) is 3.43. The monoisotopic (exact) mass is 549 g/mol. The Bertz CT molecular complexity index is 1310. The molecule has 1 saturated heterocycles. The molecule has 6 N–H and O–H groups in total. The summed E-state index contributed by atoms with van der Waals surface area (Å²) in [7, 11) is -2.52. The lowest BCUT2D eigenvalue weighted by Crippen LogP contribution is -2.44. The van der Waals surface area contributed by atoms with Crippen LogP contribution in [-0.4, -0.2) is 77.6 Å². The predicted octanol–water partition coefficient (Wildman–Crippen LogP) is 1.85. The number of aromatic nitrogens is 2. The highest BCUT2D eigenvalue weighted by molar-refractivity contribution is 7.79. The van der Waals surface area contributed by atoms with Crippen LogP contribution in [0.5, 0.6) is 0 Å². The summed E-state index contributed by atoms with van der Waals surface area (Å²) in [4.78, 5) is 25.2. The van der Waals surface area contributed by atoms with Gasteiger partial charge in [0, 0.05) is 43.6 Å². The third-order valence-corrected chi connectivity index (χ3v) is 7.13. The molecule has 12 nitrogen and oxygen atoms in total. The summed E-state index contributed by atoms with van der Waals surface area (Å²) >= 11 is 0. The highest BCUT2D eigenvalue weighted by Gasteiger charge is 2.47. The van der Waals surface area contributed by atoms with Crippen LogP contribution in [0.1, 0.15) is 12.0 Å². The van der Waals surface area contributed by atoms with E-state index in [2.05, 4.69) is 62.6 Å². The number of allylic oxidation sites excluding steroid dienone is 1. The van der Waals surface area contributed by atoms with Crippen LogP contribution in [0.3, 0.4) is 0 Å². The van der Waals surface area contributed by atoms with E-state index in [9.17, 15) is 9.18 Å². The number of hydrogen-bond donors (Lipinski definition) is 5. The molecule has 1 aromatic carbocycles. The molecule has 2 aromatic rings. The van der Waals surface area contributed by atoms with Crippen LogP contribution in [0.25, 0.3) is 0 Å². The molecule has 2 fully saturated rings. The molecule has 1 saturated carbocycles. The number of halogens is 1. The zero-order chi connectivity index (χ0) is 27.6. The molecule has 3 aliphatic rings. The summed E-state index contributed by atoms with van der Waals surface area (Å²) in [5.74, 6) is -0.673. The predicted molar refractivity (Wildman–Crippen MR) is 141 cm³/mol. The summed E-state index contributed by atoms with van der Waals surface area (Å²) in [5, 5.41) is 6.32. The van der Waals surface area contributed by atoms with Crippen LogP contribution in [-0.2, 0) is 15.2 Å². The first-order valence-corrected chi connectivity index (χ1v) is 13.6. The molecule has 14 heteroatoms. The number of anilines is 4. The highest BCUT2D eigenvalue weighted by atomic mass is 32.3. The quantitative estimate of drug-likeness (QED) is 0.263. The maximum absolute atomic E-state index is 14.5. The Morgan fingerprint density at radius 3 is 2.45 bits per heavy atom. The molecule has 2 bridgehead atoms. The molecule has 0 unspecified atom stereocenters. The second-order valence-electron chi connectivity index (χ2n) is 9.80. The van der Waals surface area contributed by atoms with Gasteiger partial charge in [-0.15, -0.1) is 0 Å². The van der Waals surface area contributed by atoms with Crippen LogP contribution in [0.2, 0.25) is 0 Å². The number of rotatable bonds is 6. The van der Waals surface area contributed by atoms with Crippen molar-refractivity contribution in [2.45, 2.75) is 19.4 Å². The van der Waals surface area contributed by atoms with Gasteiger partial charge in [-0.25, -0.2) is 9.37 Å². The fourth-order valence-electron chi connectivity index (χ4n) is 5.36. The van der Waals surface area contributed by atoms with Crippen molar-refractivity contribution < 1.29 is 26.7 Å². The number of likely N-dealkylation sites (N-methyl/N-ethyl adjacent to an activating group) is 1. The first-order valence-electron chi connectivity index (χ1n) is 12.2. The van der Waals surface area contributed by atoms with Crippen LogP contribution >= 0.6 is 0 Å². The first-order chi connectivity index (χ1) is 17.9. The molecule has 0 spiro atoms. The van der Waals surface area contributed by atoms with Crippen molar-refractivity contribution in [1.82, 2.24) is 14.9 Å². The average molecular weight is 550 g/mol. The molecule has 1 aliphatic heterocycles. The van der Waals surface area contributed by atoms with E-state index < -0.39 is 16.2 Å². The Balaban J connectivity index is 0.000000617. The zero-order valence-electron chi connectivity index (χ0n) is 21.1. The number of nitrogens with two attached hydrogens (primary N) is 1. The zero-order valence-corrected chi connectivity index (χ0v) is 21.9. The molecule has 38 heavy (non-hydrogen) atoms. The van der Waals surface area contributed by atoms with Crippen molar-refractivity contribution >= 4 is 39.4 Å². The van der Waals surface area contributed by atoms with Gasteiger partial charge in [-0.05, 0) is 56.0 Å². The van der Waals surface area contributed by atoms with Gasteiger partial charge < -0.3 is 26.2 Å². The van der Waals surface area contributed by atoms with Gasteiger partial charge in [0.05, 0.1) is 12.1 Å². The first kappa shape index (κ1) is 27.7. The summed E-state index contributed by atoms with van der Waals surface area (Å²) < 4.78 is 46.1. The van der Waals surface area contributed by atoms with Gasteiger partial charge in [0.1, 0.15) is 0 Å². The number of carbonyl (C=O) groups excluding carboxylic acids is 1. The molecule has 2 heterocycles. The Kier molecular flexibility index (Phi) is 8.16. The number of nitrogens with zero attached hydrogens (tertiary/aromatic N) is 4. The number of benzene rings is 1. The molecular formula is C24H32FN7O5S. The number of piperazine rings is 1. The molecular weight excluding hydrogens is 517 g/mol. The Labute approximate surface area is 220 Å². The molecule has 2 aliphatic carbocycles. The van der Waals surface area contributed by atoms with Crippen LogP contribution < -0.4 is 21.3 Å². The number of nitrogens with one attached hydrogen (secondary N) is 2. The number of hydrogen-bond acceptors (Lipinski definition) is 9. The van der Waals surface area contributed by atoms with Crippen LogP contribution in [0.4, 0.5) is 27.5 Å². The van der Waals surface area contributed by atoms with E-state index in [1.165, 1.54) is 5.69 Å². The third kappa shape index (κ3) is 6.75. The Morgan fingerprint density at radius 1 is 1.16 bits per heavy atom.